The molecule has 0 aromatic heterocycles. The van der Waals surface area contributed by atoms with Gasteiger partial charge in [0.25, 0.3) is 0 Å². The van der Waals surface area contributed by atoms with E-state index in [0.29, 0.717) is 18.7 Å². The first-order valence-electron chi connectivity index (χ1n) is 4.92. The minimum Gasteiger partial charge on any atom is -0.506 e. The number of aryl methyl sites for hydroxylation is 1. The molecule has 82 valence electrons. The van der Waals surface area contributed by atoms with Crippen LogP contribution in [0.2, 0.25) is 0 Å². The van der Waals surface area contributed by atoms with Gasteiger partial charge in [0.15, 0.2) is 0 Å². The van der Waals surface area contributed by atoms with Crippen molar-refractivity contribution in [3.63, 3.8) is 0 Å². The Morgan fingerprint density at radius 2 is 2.27 bits per heavy atom. The van der Waals surface area contributed by atoms with Gasteiger partial charge in [-0.05, 0) is 24.5 Å². The van der Waals surface area contributed by atoms with Gasteiger partial charge in [-0.2, -0.15) is 0 Å². The number of benzene rings is 1. The Kier molecular flexibility index (Phi) is 3.97. The van der Waals surface area contributed by atoms with Crippen LogP contribution in [0, 0.1) is 0 Å². The van der Waals surface area contributed by atoms with Gasteiger partial charge in [0, 0.05) is 13.5 Å². The molecule has 0 aliphatic heterocycles. The summed E-state index contributed by atoms with van der Waals surface area (Å²) in [5.74, 6) is 0.118. The summed E-state index contributed by atoms with van der Waals surface area (Å²) >= 11 is 0. The molecule has 1 aromatic carbocycles. The van der Waals surface area contributed by atoms with Gasteiger partial charge in [-0.1, -0.05) is 12.1 Å². The summed E-state index contributed by atoms with van der Waals surface area (Å²) in [6, 6.07) is 5.30. The van der Waals surface area contributed by atoms with Crippen molar-refractivity contribution in [2.24, 2.45) is 0 Å². The Bertz CT molecular complexity index is 350. The smallest absolute Gasteiger partial charge is 0.216 e. The molecule has 0 unspecified atom stereocenters. The molecule has 0 bridgehead atoms. The fraction of sp³-hybridized carbons (Fsp3) is 0.364. The summed E-state index contributed by atoms with van der Waals surface area (Å²) < 4.78 is 0. The van der Waals surface area contributed by atoms with Gasteiger partial charge >= 0.3 is 0 Å². The van der Waals surface area contributed by atoms with Gasteiger partial charge in [0.1, 0.15) is 5.75 Å². The van der Waals surface area contributed by atoms with Gasteiger partial charge in [-0.25, -0.2) is 0 Å². The lowest BCUT2D eigenvalue weighted by atomic mass is 10.1. The normalized spacial score (nSPS) is 9.93. The highest BCUT2D eigenvalue weighted by Crippen LogP contribution is 2.25. The van der Waals surface area contributed by atoms with Gasteiger partial charge in [0.2, 0.25) is 5.91 Å². The number of carbonyl (C=O) groups excluding carboxylic acids is 1. The summed E-state index contributed by atoms with van der Waals surface area (Å²) in [6.45, 7) is 2.10. The number of nitrogen functional groups attached to an aromatic ring is 1. The molecule has 0 radical (unpaired) electrons. The van der Waals surface area contributed by atoms with Crippen LogP contribution in [-0.2, 0) is 11.2 Å². The quantitative estimate of drug-likeness (QED) is 0.393. The molecule has 1 aromatic rings. The number of amides is 1. The lowest BCUT2D eigenvalue weighted by Crippen LogP contribution is -2.21. The topological polar surface area (TPSA) is 75.4 Å². The average Bonchev–Trinajstić information content (AvgIpc) is 2.18. The molecule has 0 saturated carbocycles. The molecule has 0 heterocycles. The van der Waals surface area contributed by atoms with Gasteiger partial charge in [-0.3, -0.25) is 4.79 Å². The van der Waals surface area contributed by atoms with Crippen LogP contribution < -0.4 is 11.1 Å². The van der Waals surface area contributed by atoms with Crippen LogP contribution in [0.15, 0.2) is 18.2 Å². The molecule has 0 aliphatic carbocycles. The highest BCUT2D eigenvalue weighted by Gasteiger charge is 2.03. The van der Waals surface area contributed by atoms with Crippen molar-refractivity contribution in [1.29, 1.82) is 0 Å². The largest absolute Gasteiger partial charge is 0.506 e. The van der Waals surface area contributed by atoms with E-state index < -0.39 is 0 Å². The number of phenolic OH excluding ortho intramolecular Hbond substituents is 1. The van der Waals surface area contributed by atoms with E-state index in [2.05, 4.69) is 5.32 Å². The van der Waals surface area contributed by atoms with Gasteiger partial charge in [0.05, 0.1) is 5.69 Å². The third kappa shape index (κ3) is 3.50. The summed E-state index contributed by atoms with van der Waals surface area (Å²) in [7, 11) is 0. The van der Waals surface area contributed by atoms with Crippen molar-refractivity contribution >= 4 is 11.6 Å². The monoisotopic (exact) mass is 208 g/mol. The van der Waals surface area contributed by atoms with E-state index in [-0.39, 0.29) is 11.7 Å². The van der Waals surface area contributed by atoms with Crippen molar-refractivity contribution in [3.05, 3.63) is 23.8 Å². The molecule has 0 atom stereocenters. The van der Waals surface area contributed by atoms with Crippen LogP contribution in [0.4, 0.5) is 5.69 Å². The molecular formula is C11H16N2O2. The molecule has 0 spiro atoms. The van der Waals surface area contributed by atoms with Gasteiger partial charge in [-0.15, -0.1) is 0 Å². The first kappa shape index (κ1) is 11.4. The maximum atomic E-state index is 10.6. The Hall–Kier alpha value is -1.71. The minimum atomic E-state index is -0.0354. The predicted molar refractivity (Wildman–Crippen MR) is 59.5 cm³/mol. The fourth-order valence-corrected chi connectivity index (χ4v) is 1.36. The van der Waals surface area contributed by atoms with Crippen LogP contribution in [0.5, 0.6) is 5.75 Å². The minimum absolute atomic E-state index is 0.0354. The SMILES string of the molecule is CC(=O)NCCCc1cccc(N)c1O. The van der Waals surface area contributed by atoms with Crippen LogP contribution in [0.25, 0.3) is 0 Å². The fourth-order valence-electron chi connectivity index (χ4n) is 1.36. The Balaban J connectivity index is 2.44. The van der Waals surface area contributed by atoms with E-state index in [0.717, 1.165) is 12.0 Å². The van der Waals surface area contributed by atoms with Crippen LogP contribution >= 0.6 is 0 Å². The molecule has 4 heteroatoms. The number of nitrogens with one attached hydrogen (secondary N) is 1. The van der Waals surface area contributed by atoms with E-state index in [4.69, 9.17) is 5.73 Å². The molecule has 0 saturated heterocycles. The zero-order valence-electron chi connectivity index (χ0n) is 8.79. The summed E-state index contributed by atoms with van der Waals surface area (Å²) in [4.78, 5) is 10.6. The predicted octanol–water partition coefficient (Wildman–Crippen LogP) is 1.04. The van der Waals surface area contributed by atoms with E-state index >= 15 is 0 Å². The third-order valence-corrected chi connectivity index (χ3v) is 2.15. The van der Waals surface area contributed by atoms with Crippen molar-refractivity contribution in [2.45, 2.75) is 19.8 Å². The van der Waals surface area contributed by atoms with Gasteiger partial charge < -0.3 is 16.2 Å². The molecule has 1 amide bonds. The van der Waals surface area contributed by atoms with Crippen LogP contribution in [0.1, 0.15) is 18.9 Å². The first-order chi connectivity index (χ1) is 7.11. The molecule has 0 fully saturated rings. The summed E-state index contributed by atoms with van der Waals surface area (Å²) in [6.07, 6.45) is 1.49. The molecule has 0 aliphatic rings. The summed E-state index contributed by atoms with van der Waals surface area (Å²) in [5.41, 5.74) is 6.77. The zero-order chi connectivity index (χ0) is 11.3. The Morgan fingerprint density at radius 1 is 1.53 bits per heavy atom. The number of carbonyl (C=O) groups is 1. The highest BCUT2D eigenvalue weighted by molar-refractivity contribution is 5.72. The second-order valence-electron chi connectivity index (χ2n) is 3.44. The second kappa shape index (κ2) is 5.24. The average molecular weight is 208 g/mol. The van der Waals surface area contributed by atoms with Crippen LogP contribution in [-0.4, -0.2) is 17.6 Å². The summed E-state index contributed by atoms with van der Waals surface area (Å²) in [5, 5.41) is 12.3. The van der Waals surface area contributed by atoms with E-state index in [9.17, 15) is 9.90 Å². The highest BCUT2D eigenvalue weighted by atomic mass is 16.3. The number of nitrogens with two attached hydrogens (primary N) is 1. The van der Waals surface area contributed by atoms with E-state index in [1.54, 1.807) is 6.07 Å². The number of hydrogen-bond donors (Lipinski definition) is 3. The molecule has 1 rings (SSSR count). The number of hydrogen-bond acceptors (Lipinski definition) is 3. The van der Waals surface area contributed by atoms with E-state index in [1.807, 2.05) is 12.1 Å². The Morgan fingerprint density at radius 3 is 2.93 bits per heavy atom. The van der Waals surface area contributed by atoms with Crippen molar-refractivity contribution in [1.82, 2.24) is 5.32 Å². The van der Waals surface area contributed by atoms with Crippen molar-refractivity contribution in [2.75, 3.05) is 12.3 Å². The molecule has 4 N–H and O–H groups in total. The molecular weight excluding hydrogens is 192 g/mol. The molecule has 4 nitrogen and oxygen atoms in total. The van der Waals surface area contributed by atoms with Crippen LogP contribution in [0.3, 0.4) is 0 Å². The van der Waals surface area contributed by atoms with Crippen molar-refractivity contribution in [3.8, 4) is 5.75 Å². The lowest BCUT2D eigenvalue weighted by molar-refractivity contribution is -0.118. The number of rotatable bonds is 4. The van der Waals surface area contributed by atoms with Crippen molar-refractivity contribution < 1.29 is 9.90 Å². The van der Waals surface area contributed by atoms with E-state index in [1.165, 1.54) is 6.92 Å². The third-order valence-electron chi connectivity index (χ3n) is 2.15. The number of aromatic hydroxyl groups is 1. The maximum absolute atomic E-state index is 10.6. The number of phenols is 1. The maximum Gasteiger partial charge on any atom is 0.216 e. The standard InChI is InChI=1S/C11H16N2O2/c1-8(14)13-7-3-5-9-4-2-6-10(12)11(9)15/h2,4,6,15H,3,5,7,12H2,1H3,(H,13,14). The number of anilines is 1. The second-order valence-corrected chi connectivity index (χ2v) is 3.44. The number of para-hydroxylation sites is 1. The Labute approximate surface area is 89.1 Å². The molecule has 15 heavy (non-hydrogen) atoms. The zero-order valence-corrected chi connectivity index (χ0v) is 8.79. The first-order valence-corrected chi connectivity index (χ1v) is 4.92. The lowest BCUT2D eigenvalue weighted by Gasteiger charge is -2.06.